The third-order valence-electron chi connectivity index (χ3n) is 10.5. The lowest BCUT2D eigenvalue weighted by Gasteiger charge is -2.27. The molecule has 0 aliphatic carbocycles. The zero-order chi connectivity index (χ0) is 37.3. The predicted octanol–water partition coefficient (Wildman–Crippen LogP) is 15.3. The fourth-order valence-corrected chi connectivity index (χ4v) is 7.23. The maximum atomic E-state index is 2.37. The van der Waals surface area contributed by atoms with Crippen molar-refractivity contribution >= 4 is 34.1 Å². The Morgan fingerprint density at radius 3 is 1.07 bits per heavy atom. The van der Waals surface area contributed by atoms with Gasteiger partial charge in [-0.05, 0) is 145 Å². The van der Waals surface area contributed by atoms with Crippen LogP contribution in [0.3, 0.4) is 0 Å². The van der Waals surface area contributed by atoms with E-state index in [9.17, 15) is 0 Å². The summed E-state index contributed by atoms with van der Waals surface area (Å²) in [4.78, 5) is 4.72. The maximum absolute atomic E-state index is 2.37. The zero-order valence-electron chi connectivity index (χ0n) is 32.3. The number of benzene rings is 7. The molecule has 0 fully saturated rings. The Hall–Kier alpha value is -5.86. The molecule has 270 valence electrons. The second kappa shape index (κ2) is 17.3. The van der Waals surface area contributed by atoms with Crippen molar-refractivity contribution in [3.8, 4) is 22.3 Å². The van der Waals surface area contributed by atoms with Crippen LogP contribution in [0.15, 0.2) is 170 Å². The molecular weight excluding hydrogens is 653 g/mol. The smallest absolute Gasteiger partial charge is 0.0490 e. The van der Waals surface area contributed by atoms with Crippen LogP contribution >= 0.6 is 0 Å². The molecule has 0 aromatic heterocycles. The Bertz CT molecular complexity index is 2210. The first-order valence-electron chi connectivity index (χ1n) is 19.7. The summed E-state index contributed by atoms with van der Waals surface area (Å²) >= 11 is 0. The standard InChI is InChI=1S/C52H52N2/c1-5-7-12-41-17-31-48(32-18-41)53(47-29-15-39(3)16-30-47)49-35-25-45(26-36-49)43-21-23-44(24-22-43)46-27-37-51(38-28-46)54(52-14-10-9-11-40(52)4)50-33-19-42(20-34-50)13-8-6-2/h9-11,14-38H,5-8,12-13H2,1-4H3. The van der Waals surface area contributed by atoms with Gasteiger partial charge in [-0.1, -0.05) is 135 Å². The Morgan fingerprint density at radius 1 is 0.352 bits per heavy atom. The molecule has 7 aromatic carbocycles. The Morgan fingerprint density at radius 2 is 0.685 bits per heavy atom. The molecule has 0 saturated heterocycles. The molecule has 7 aromatic rings. The molecule has 0 aliphatic rings. The van der Waals surface area contributed by atoms with E-state index >= 15 is 0 Å². The van der Waals surface area contributed by atoms with Crippen LogP contribution in [0.2, 0.25) is 0 Å². The molecule has 0 spiro atoms. The summed E-state index contributed by atoms with van der Waals surface area (Å²) < 4.78 is 0. The lowest BCUT2D eigenvalue weighted by atomic mass is 9.99. The summed E-state index contributed by atoms with van der Waals surface area (Å²) in [5, 5.41) is 0. The largest absolute Gasteiger partial charge is 0.311 e. The summed E-state index contributed by atoms with van der Waals surface area (Å²) in [5.41, 5.74) is 17.1. The van der Waals surface area contributed by atoms with E-state index in [0.29, 0.717) is 0 Å². The molecule has 0 aliphatic heterocycles. The van der Waals surface area contributed by atoms with Gasteiger partial charge in [0.1, 0.15) is 0 Å². The van der Waals surface area contributed by atoms with Crippen molar-refractivity contribution in [2.24, 2.45) is 0 Å². The van der Waals surface area contributed by atoms with Crippen LogP contribution in [0.4, 0.5) is 34.1 Å². The van der Waals surface area contributed by atoms with Gasteiger partial charge in [-0.25, -0.2) is 0 Å². The third-order valence-corrected chi connectivity index (χ3v) is 10.5. The Kier molecular flexibility index (Phi) is 11.7. The van der Waals surface area contributed by atoms with Gasteiger partial charge in [0, 0.05) is 34.1 Å². The average Bonchev–Trinajstić information content (AvgIpc) is 3.22. The van der Waals surface area contributed by atoms with Crippen molar-refractivity contribution in [2.75, 3.05) is 9.80 Å². The molecular formula is C52H52N2. The number of rotatable bonds is 14. The summed E-state index contributed by atoms with van der Waals surface area (Å²) in [5.74, 6) is 0. The highest BCUT2D eigenvalue weighted by Gasteiger charge is 2.16. The lowest BCUT2D eigenvalue weighted by Crippen LogP contribution is -2.11. The fourth-order valence-electron chi connectivity index (χ4n) is 7.23. The first-order chi connectivity index (χ1) is 26.5. The van der Waals surface area contributed by atoms with Gasteiger partial charge in [0.15, 0.2) is 0 Å². The number of hydrogen-bond donors (Lipinski definition) is 0. The van der Waals surface area contributed by atoms with Gasteiger partial charge in [-0.2, -0.15) is 0 Å². The van der Waals surface area contributed by atoms with E-state index in [1.807, 2.05) is 0 Å². The van der Waals surface area contributed by atoms with Crippen molar-refractivity contribution in [2.45, 2.75) is 66.2 Å². The van der Waals surface area contributed by atoms with Crippen LogP contribution in [0.25, 0.3) is 22.3 Å². The topological polar surface area (TPSA) is 6.48 Å². The minimum absolute atomic E-state index is 1.13. The number of unbranched alkanes of at least 4 members (excludes halogenated alkanes) is 2. The zero-order valence-corrected chi connectivity index (χ0v) is 32.3. The molecule has 0 bridgehead atoms. The third kappa shape index (κ3) is 8.50. The Labute approximate surface area is 323 Å². The highest BCUT2D eigenvalue weighted by molar-refractivity contribution is 5.81. The number of aryl methyl sites for hydroxylation is 4. The first-order valence-corrected chi connectivity index (χ1v) is 19.7. The SMILES string of the molecule is CCCCc1ccc(N(c2ccc(C)cc2)c2ccc(-c3ccc(-c4ccc(N(c5ccc(CCCC)cc5)c5ccccc5C)cc4)cc3)cc2)cc1. The number of hydrogen-bond acceptors (Lipinski definition) is 2. The van der Waals surface area contributed by atoms with Crippen molar-refractivity contribution in [3.63, 3.8) is 0 Å². The number of nitrogens with zero attached hydrogens (tertiary/aromatic N) is 2. The molecule has 54 heavy (non-hydrogen) atoms. The van der Waals surface area contributed by atoms with Crippen LogP contribution in [-0.2, 0) is 12.8 Å². The minimum atomic E-state index is 1.13. The van der Waals surface area contributed by atoms with Crippen molar-refractivity contribution in [1.82, 2.24) is 0 Å². The van der Waals surface area contributed by atoms with E-state index < -0.39 is 0 Å². The van der Waals surface area contributed by atoms with E-state index in [-0.39, 0.29) is 0 Å². The summed E-state index contributed by atoms with van der Waals surface area (Å²) in [6.07, 6.45) is 7.11. The molecule has 0 amide bonds. The van der Waals surface area contributed by atoms with Gasteiger partial charge in [0.25, 0.3) is 0 Å². The predicted molar refractivity (Wildman–Crippen MR) is 233 cm³/mol. The van der Waals surface area contributed by atoms with Gasteiger partial charge < -0.3 is 9.80 Å². The van der Waals surface area contributed by atoms with E-state index in [2.05, 4.69) is 207 Å². The first kappa shape index (κ1) is 36.5. The number of anilines is 6. The minimum Gasteiger partial charge on any atom is -0.311 e. The number of para-hydroxylation sites is 1. The van der Waals surface area contributed by atoms with Gasteiger partial charge in [-0.3, -0.25) is 0 Å². The van der Waals surface area contributed by atoms with Crippen LogP contribution in [0.1, 0.15) is 61.8 Å². The van der Waals surface area contributed by atoms with Gasteiger partial charge in [0.2, 0.25) is 0 Å². The maximum Gasteiger partial charge on any atom is 0.0490 e. The molecule has 0 saturated carbocycles. The lowest BCUT2D eigenvalue weighted by molar-refractivity contribution is 0.795. The van der Waals surface area contributed by atoms with Crippen molar-refractivity contribution < 1.29 is 0 Å². The van der Waals surface area contributed by atoms with E-state index in [1.165, 1.54) is 87.3 Å². The van der Waals surface area contributed by atoms with Gasteiger partial charge in [0.05, 0.1) is 0 Å². The molecule has 2 heteroatoms. The van der Waals surface area contributed by atoms with Crippen molar-refractivity contribution in [3.05, 3.63) is 192 Å². The fraction of sp³-hybridized carbons (Fsp3) is 0.192. The molecule has 2 nitrogen and oxygen atoms in total. The normalized spacial score (nSPS) is 11.0. The quantitative estimate of drug-likeness (QED) is 0.111. The summed E-state index contributed by atoms with van der Waals surface area (Å²) in [6, 6.07) is 62.5. The van der Waals surface area contributed by atoms with E-state index in [4.69, 9.17) is 0 Å². The van der Waals surface area contributed by atoms with Gasteiger partial charge in [-0.15, -0.1) is 0 Å². The van der Waals surface area contributed by atoms with Crippen LogP contribution in [0, 0.1) is 13.8 Å². The second-order valence-electron chi connectivity index (χ2n) is 14.5. The highest BCUT2D eigenvalue weighted by Crippen LogP contribution is 2.39. The molecule has 7 rings (SSSR count). The Balaban J connectivity index is 1.11. The van der Waals surface area contributed by atoms with E-state index in [0.717, 1.165) is 29.9 Å². The van der Waals surface area contributed by atoms with Gasteiger partial charge >= 0.3 is 0 Å². The molecule has 0 N–H and O–H groups in total. The summed E-state index contributed by atoms with van der Waals surface area (Å²) in [7, 11) is 0. The highest BCUT2D eigenvalue weighted by atomic mass is 15.1. The monoisotopic (exact) mass is 704 g/mol. The molecule has 0 radical (unpaired) electrons. The van der Waals surface area contributed by atoms with Crippen LogP contribution in [-0.4, -0.2) is 0 Å². The second-order valence-corrected chi connectivity index (χ2v) is 14.5. The summed E-state index contributed by atoms with van der Waals surface area (Å²) in [6.45, 7) is 8.83. The molecule has 0 unspecified atom stereocenters. The van der Waals surface area contributed by atoms with Crippen molar-refractivity contribution in [1.29, 1.82) is 0 Å². The average molecular weight is 705 g/mol. The molecule has 0 atom stereocenters. The van der Waals surface area contributed by atoms with E-state index in [1.54, 1.807) is 0 Å². The van der Waals surface area contributed by atoms with Crippen LogP contribution < -0.4 is 9.80 Å². The molecule has 0 heterocycles. The van der Waals surface area contributed by atoms with Crippen LogP contribution in [0.5, 0.6) is 0 Å².